The average Bonchev–Trinajstić information content (AvgIpc) is 3.47. The maximum Gasteiger partial charge on any atom is 0.267 e. The van der Waals surface area contributed by atoms with Gasteiger partial charge in [0.2, 0.25) is 5.88 Å². The summed E-state index contributed by atoms with van der Waals surface area (Å²) in [5, 5.41) is 4.73. The van der Waals surface area contributed by atoms with Crippen molar-refractivity contribution in [2.45, 2.75) is 39.4 Å². The SMILES string of the molecule is [2H]c1c(C)cc(C(=O)C([2H])([2H])[2H])c(N([2H])C(=O)c2sccc2S(=O)(=O)N([2H])c2onc(C)c2C([2H])([2H])[2H])c1C. The number of carbonyl (C=O) groups excluding carboxylic acids is 2. The van der Waals surface area contributed by atoms with Gasteiger partial charge in [0.15, 0.2) is 8.61 Å². The van der Waals surface area contributed by atoms with Crippen LogP contribution in [-0.4, -0.2) is 25.3 Å². The number of Topliss-reactive ketones (excluding diaryl/α,β-unsaturated/α-hetero) is 1. The number of benzene rings is 1. The summed E-state index contributed by atoms with van der Waals surface area (Å²) in [7, 11) is -4.98. The number of hydrogen-bond acceptors (Lipinski definition) is 7. The van der Waals surface area contributed by atoms with E-state index in [1.165, 1.54) is 26.2 Å². The number of sulfonamides is 1. The van der Waals surface area contributed by atoms with Crippen LogP contribution in [0, 0.1) is 27.6 Å². The Morgan fingerprint density at radius 2 is 2.10 bits per heavy atom. The van der Waals surface area contributed by atoms with Gasteiger partial charge in [-0.3, -0.25) is 9.59 Å². The normalized spacial score (nSPS) is 16.6. The quantitative estimate of drug-likeness (QED) is 0.536. The van der Waals surface area contributed by atoms with Crippen molar-refractivity contribution >= 4 is 44.6 Å². The first-order valence-electron chi connectivity index (χ1n) is 12.7. The Balaban J connectivity index is 2.14. The van der Waals surface area contributed by atoms with Gasteiger partial charge in [-0.25, -0.2) is 13.1 Å². The van der Waals surface area contributed by atoms with Gasteiger partial charge in [0.1, 0.15) is 9.77 Å². The largest absolute Gasteiger partial charge is 0.337 e. The number of aryl methyl sites for hydroxylation is 2. The molecule has 3 rings (SSSR count). The third kappa shape index (κ3) is 4.14. The first kappa shape index (κ1) is 12.7. The summed E-state index contributed by atoms with van der Waals surface area (Å²) in [6.07, 6.45) is 0. The molecule has 0 saturated heterocycles. The number of aromatic nitrogens is 1. The standard InChI is InChI=1S/C20H21N3O5S2/c1-10-8-11(2)17(15(9-10)14(5)24)21-19(25)18-16(6-7-29-18)30(26,27)23-20-12(3)13(4)22-28-20/h6-9,23H,1-5H3,(H,21,25)/i3D3,5D3,8D/hD2. The Kier molecular flexibility index (Phi) is 3.39. The lowest BCUT2D eigenvalue weighted by atomic mass is 10.0. The van der Waals surface area contributed by atoms with Gasteiger partial charge in [0.05, 0.1) is 12.8 Å². The molecule has 0 atom stereocenters. The van der Waals surface area contributed by atoms with E-state index in [1.54, 1.807) is 0 Å². The smallest absolute Gasteiger partial charge is 0.267 e. The van der Waals surface area contributed by atoms with Gasteiger partial charge < -0.3 is 9.83 Å². The number of carbonyl (C=O) groups is 2. The molecular weight excluding hydrogens is 426 g/mol. The number of thiophene rings is 1. The van der Waals surface area contributed by atoms with Crippen LogP contribution in [0.3, 0.4) is 0 Å². The predicted octanol–water partition coefficient (Wildman–Crippen LogP) is 4.23. The van der Waals surface area contributed by atoms with Crippen LogP contribution in [0.4, 0.5) is 11.6 Å². The molecule has 0 aliphatic heterocycles. The summed E-state index contributed by atoms with van der Waals surface area (Å²) in [5.74, 6) is -3.62. The fraction of sp³-hybridized carbons (Fsp3) is 0.250. The first-order chi connectivity index (χ1) is 17.7. The zero-order valence-corrected chi connectivity index (χ0v) is 17.6. The van der Waals surface area contributed by atoms with Crippen molar-refractivity contribution in [3.63, 3.8) is 0 Å². The monoisotopic (exact) mass is 456 g/mol. The fourth-order valence-corrected chi connectivity index (χ4v) is 4.80. The van der Waals surface area contributed by atoms with Crippen LogP contribution in [-0.2, 0) is 10.0 Å². The van der Waals surface area contributed by atoms with Gasteiger partial charge in [-0.05, 0) is 63.1 Å². The van der Waals surface area contributed by atoms with E-state index >= 15 is 0 Å². The lowest BCUT2D eigenvalue weighted by Gasteiger charge is -2.14. The van der Waals surface area contributed by atoms with Gasteiger partial charge in [-0.2, -0.15) is 0 Å². The zero-order valence-electron chi connectivity index (χ0n) is 24.9. The molecule has 0 aliphatic rings. The maximum atomic E-state index is 13.4. The minimum Gasteiger partial charge on any atom is -0.337 e. The highest BCUT2D eigenvalue weighted by molar-refractivity contribution is 7.93. The van der Waals surface area contributed by atoms with Gasteiger partial charge in [0, 0.05) is 19.4 Å². The second-order valence-electron chi connectivity index (χ2n) is 6.21. The molecule has 0 spiro atoms. The first-order valence-corrected chi connectivity index (χ1v) is 10.6. The predicted molar refractivity (Wildman–Crippen MR) is 115 cm³/mol. The highest BCUT2D eigenvalue weighted by Gasteiger charge is 2.27. The van der Waals surface area contributed by atoms with E-state index in [9.17, 15) is 18.0 Å². The number of hydrogen-bond donors (Lipinski definition) is 2. The lowest BCUT2D eigenvalue weighted by molar-refractivity contribution is 0.101. The molecule has 2 heterocycles. The van der Waals surface area contributed by atoms with E-state index in [4.69, 9.17) is 16.9 Å². The van der Waals surface area contributed by atoms with Crippen molar-refractivity contribution in [3.05, 3.63) is 56.4 Å². The number of rotatable bonds is 6. The van der Waals surface area contributed by atoms with Crippen LogP contribution in [0.25, 0.3) is 0 Å². The Hall–Kier alpha value is -2.98. The molecule has 0 saturated carbocycles. The molecule has 1 aromatic carbocycles. The van der Waals surface area contributed by atoms with Gasteiger partial charge in [-0.15, -0.1) is 11.3 Å². The molecule has 0 aliphatic carbocycles. The topological polar surface area (TPSA) is 118 Å². The maximum absolute atomic E-state index is 13.4. The van der Waals surface area contributed by atoms with Crippen LogP contribution in [0.15, 0.2) is 33.0 Å². The molecule has 0 unspecified atom stereocenters. The van der Waals surface area contributed by atoms with Crippen molar-refractivity contribution in [2.24, 2.45) is 0 Å². The van der Waals surface area contributed by atoms with Crippen LogP contribution in [0.1, 0.15) is 58.9 Å². The van der Waals surface area contributed by atoms with Gasteiger partial charge in [0.25, 0.3) is 15.9 Å². The second kappa shape index (κ2) is 8.04. The van der Waals surface area contributed by atoms with Gasteiger partial charge >= 0.3 is 0 Å². The molecule has 3 aromatic rings. The molecule has 158 valence electrons. The molecular formula is C20H21N3O5S2. The summed E-state index contributed by atoms with van der Waals surface area (Å²) < 4.78 is 101. The van der Waals surface area contributed by atoms with Crippen LogP contribution in [0.2, 0.25) is 2.82 Å². The molecule has 1 amide bonds. The molecule has 8 nitrogen and oxygen atoms in total. The Labute approximate surface area is 191 Å². The zero-order chi connectivity index (χ0) is 29.8. The molecule has 2 N–H and O–H groups in total. The van der Waals surface area contributed by atoms with E-state index in [0.717, 1.165) is 12.1 Å². The highest BCUT2D eigenvalue weighted by atomic mass is 32.2. The van der Waals surface area contributed by atoms with Crippen molar-refractivity contribution in [1.82, 2.24) is 5.16 Å². The van der Waals surface area contributed by atoms with E-state index in [0.29, 0.717) is 11.3 Å². The Morgan fingerprint density at radius 1 is 1.33 bits per heavy atom. The van der Waals surface area contributed by atoms with E-state index in [2.05, 4.69) is 5.16 Å². The van der Waals surface area contributed by atoms with Crippen LogP contribution < -0.4 is 10.0 Å². The van der Waals surface area contributed by atoms with Crippen LogP contribution >= 0.6 is 11.3 Å². The molecule has 0 bridgehead atoms. The summed E-state index contributed by atoms with van der Waals surface area (Å²) in [6, 6.07) is 1.84. The summed E-state index contributed by atoms with van der Waals surface area (Å²) >= 11 is 0.567. The fourth-order valence-electron chi connectivity index (χ4n) is 2.58. The van der Waals surface area contributed by atoms with E-state index in [-0.39, 0.29) is 32.9 Å². The minimum atomic E-state index is -4.98. The number of amides is 1. The third-order valence-corrected chi connectivity index (χ3v) is 6.30. The third-order valence-electron chi connectivity index (χ3n) is 3.96. The van der Waals surface area contributed by atoms with E-state index < -0.39 is 67.9 Å². The second-order valence-corrected chi connectivity index (χ2v) is 8.70. The number of nitrogens with one attached hydrogen (secondary N) is 2. The number of nitrogens with zero attached hydrogens (tertiary/aromatic N) is 1. The van der Waals surface area contributed by atoms with Crippen molar-refractivity contribution < 1.29 is 34.9 Å². The van der Waals surface area contributed by atoms with Crippen molar-refractivity contribution in [1.29, 1.82) is 0 Å². The van der Waals surface area contributed by atoms with E-state index in [1.807, 2.05) is 0 Å². The lowest BCUT2D eigenvalue weighted by Crippen LogP contribution is -2.20. The summed E-state index contributed by atoms with van der Waals surface area (Å²) in [4.78, 5) is 24.7. The molecule has 10 heteroatoms. The Bertz CT molecular complexity index is 1580. The van der Waals surface area contributed by atoms with Gasteiger partial charge in [-0.1, -0.05) is 11.2 Å². The van der Waals surface area contributed by atoms with Crippen molar-refractivity contribution in [2.75, 3.05) is 10.0 Å². The Morgan fingerprint density at radius 3 is 2.80 bits per heavy atom. The van der Waals surface area contributed by atoms with Crippen molar-refractivity contribution in [3.8, 4) is 0 Å². The summed E-state index contributed by atoms with van der Waals surface area (Å²) in [6.45, 7) is -2.04. The minimum absolute atomic E-state index is 0.0755. The average molecular weight is 457 g/mol. The van der Waals surface area contributed by atoms with Crippen LogP contribution in [0.5, 0.6) is 0 Å². The highest BCUT2D eigenvalue weighted by Crippen LogP contribution is 2.29. The number of ketones is 1. The molecule has 30 heavy (non-hydrogen) atoms. The molecule has 0 fully saturated rings. The molecule has 0 radical (unpaired) electrons. The number of anilines is 2. The molecule has 2 aromatic heterocycles. The summed E-state index contributed by atoms with van der Waals surface area (Å²) in [5.41, 5.74) is -1.73.